The van der Waals surface area contributed by atoms with Crippen molar-refractivity contribution in [1.82, 2.24) is 0 Å². The summed E-state index contributed by atoms with van der Waals surface area (Å²) < 4.78 is 41.6. The molecule has 0 aliphatic carbocycles. The molecule has 1 aromatic carbocycles. The molecular formula is C11H8ClF3O3. The molecule has 0 atom stereocenters. The first-order chi connectivity index (χ1) is 8.21. The molecule has 0 fully saturated rings. The fourth-order valence-corrected chi connectivity index (χ4v) is 1.46. The highest BCUT2D eigenvalue weighted by atomic mass is 35.5. The van der Waals surface area contributed by atoms with E-state index in [1.807, 2.05) is 0 Å². The highest BCUT2D eigenvalue weighted by Crippen LogP contribution is 2.34. The average Bonchev–Trinajstić information content (AvgIpc) is 2.23. The lowest BCUT2D eigenvalue weighted by molar-refractivity contribution is -0.140. The van der Waals surface area contributed by atoms with E-state index >= 15 is 0 Å². The molecule has 7 heteroatoms. The lowest BCUT2D eigenvalue weighted by atomic mass is 10.1. The second-order valence-corrected chi connectivity index (χ2v) is 3.80. The van der Waals surface area contributed by atoms with E-state index in [1.54, 1.807) is 0 Å². The van der Waals surface area contributed by atoms with Gasteiger partial charge in [0.2, 0.25) is 0 Å². The zero-order valence-electron chi connectivity index (χ0n) is 9.18. The Balaban J connectivity index is 2.91. The molecule has 0 aromatic heterocycles. The van der Waals surface area contributed by atoms with Gasteiger partial charge >= 0.3 is 12.1 Å². The molecule has 0 radical (unpaired) electrons. The number of halogens is 4. The van der Waals surface area contributed by atoms with Crippen LogP contribution in [0.1, 0.15) is 22.8 Å². The molecule has 0 saturated heterocycles. The van der Waals surface area contributed by atoms with E-state index in [2.05, 4.69) is 4.74 Å². The minimum absolute atomic E-state index is 0.0470. The van der Waals surface area contributed by atoms with Crippen molar-refractivity contribution in [2.45, 2.75) is 13.1 Å². The summed E-state index contributed by atoms with van der Waals surface area (Å²) in [6.07, 6.45) is -4.57. The van der Waals surface area contributed by atoms with E-state index in [4.69, 9.17) is 11.6 Å². The monoisotopic (exact) mass is 280 g/mol. The number of alkyl halides is 3. The molecular weight excluding hydrogens is 273 g/mol. The van der Waals surface area contributed by atoms with Gasteiger partial charge in [-0.3, -0.25) is 9.59 Å². The largest absolute Gasteiger partial charge is 0.457 e. The lowest BCUT2D eigenvalue weighted by Crippen LogP contribution is -2.13. The van der Waals surface area contributed by atoms with Crippen LogP contribution in [0.2, 0.25) is 5.02 Å². The second kappa shape index (κ2) is 5.39. The number of benzene rings is 1. The number of hydrogen-bond donors (Lipinski definition) is 0. The number of hydrogen-bond acceptors (Lipinski definition) is 3. The number of Topliss-reactive ketones (excluding diaryl/α,β-unsaturated/α-hetero) is 1. The van der Waals surface area contributed by atoms with E-state index in [9.17, 15) is 22.8 Å². The van der Waals surface area contributed by atoms with Gasteiger partial charge in [0.15, 0.2) is 12.4 Å². The summed E-state index contributed by atoms with van der Waals surface area (Å²) in [5, 5.41) is -0.573. The molecule has 0 aliphatic rings. The summed E-state index contributed by atoms with van der Waals surface area (Å²) in [6.45, 7) is 0.587. The molecule has 0 bridgehead atoms. The normalized spacial score (nSPS) is 11.2. The predicted molar refractivity (Wildman–Crippen MR) is 57.4 cm³/mol. The van der Waals surface area contributed by atoms with Gasteiger partial charge in [-0.05, 0) is 12.1 Å². The molecule has 0 amide bonds. The third kappa shape index (κ3) is 3.73. The van der Waals surface area contributed by atoms with Crippen LogP contribution in [0.4, 0.5) is 13.2 Å². The zero-order valence-corrected chi connectivity index (χ0v) is 9.93. The van der Waals surface area contributed by atoms with Crippen LogP contribution in [0, 0.1) is 0 Å². The predicted octanol–water partition coefficient (Wildman–Crippen LogP) is 3.10. The summed E-state index contributed by atoms with van der Waals surface area (Å²) in [4.78, 5) is 21.9. The van der Waals surface area contributed by atoms with E-state index in [0.29, 0.717) is 6.07 Å². The first-order valence-electron chi connectivity index (χ1n) is 4.75. The molecule has 3 nitrogen and oxygen atoms in total. The van der Waals surface area contributed by atoms with Gasteiger partial charge in [0.25, 0.3) is 0 Å². The Morgan fingerprint density at radius 1 is 1.33 bits per heavy atom. The van der Waals surface area contributed by atoms with Gasteiger partial charge in [-0.2, -0.15) is 13.2 Å². The van der Waals surface area contributed by atoms with Crippen LogP contribution in [-0.4, -0.2) is 18.4 Å². The summed E-state index contributed by atoms with van der Waals surface area (Å²) in [5.41, 5.74) is -1.07. The molecule has 0 N–H and O–H groups in total. The highest BCUT2D eigenvalue weighted by molar-refractivity contribution is 6.31. The van der Waals surface area contributed by atoms with E-state index < -0.39 is 35.1 Å². The van der Waals surface area contributed by atoms with Crippen molar-refractivity contribution >= 4 is 23.4 Å². The number of rotatable bonds is 3. The minimum atomic E-state index is -4.57. The van der Waals surface area contributed by atoms with E-state index in [-0.39, 0.29) is 5.56 Å². The lowest BCUT2D eigenvalue weighted by Gasteiger charge is -2.09. The van der Waals surface area contributed by atoms with Gasteiger partial charge in [-0.25, -0.2) is 0 Å². The smallest absolute Gasteiger partial charge is 0.417 e. The fourth-order valence-electron chi connectivity index (χ4n) is 1.17. The zero-order chi connectivity index (χ0) is 13.9. The molecule has 0 spiro atoms. The number of esters is 1. The fraction of sp³-hybridized carbons (Fsp3) is 0.273. The van der Waals surface area contributed by atoms with Crippen molar-refractivity contribution in [1.29, 1.82) is 0 Å². The van der Waals surface area contributed by atoms with Crippen molar-refractivity contribution in [3.8, 4) is 0 Å². The molecule has 18 heavy (non-hydrogen) atoms. The number of carbonyl (C=O) groups is 2. The third-order valence-electron chi connectivity index (χ3n) is 2.00. The number of ether oxygens (including phenoxy) is 1. The summed E-state index contributed by atoms with van der Waals surface area (Å²) in [6, 6.07) is 2.60. The van der Waals surface area contributed by atoms with Gasteiger partial charge in [-0.15, -0.1) is 0 Å². The van der Waals surface area contributed by atoms with Crippen LogP contribution in [-0.2, 0) is 15.7 Å². The van der Waals surface area contributed by atoms with Crippen LogP contribution >= 0.6 is 11.6 Å². The van der Waals surface area contributed by atoms with Gasteiger partial charge in [-0.1, -0.05) is 17.7 Å². The first-order valence-corrected chi connectivity index (χ1v) is 5.13. The van der Waals surface area contributed by atoms with Crippen molar-refractivity contribution in [2.24, 2.45) is 0 Å². The van der Waals surface area contributed by atoms with Crippen LogP contribution in [0.3, 0.4) is 0 Å². The number of ketones is 1. The molecule has 98 valence electrons. The van der Waals surface area contributed by atoms with Crippen LogP contribution < -0.4 is 0 Å². The van der Waals surface area contributed by atoms with Crippen molar-refractivity contribution in [3.63, 3.8) is 0 Å². The summed E-state index contributed by atoms with van der Waals surface area (Å²) >= 11 is 5.44. The molecule has 0 unspecified atom stereocenters. The van der Waals surface area contributed by atoms with Crippen molar-refractivity contribution in [3.05, 3.63) is 34.3 Å². The maximum Gasteiger partial charge on any atom is 0.417 e. The van der Waals surface area contributed by atoms with Gasteiger partial charge in [0.1, 0.15) is 0 Å². The molecule has 0 aliphatic heterocycles. The van der Waals surface area contributed by atoms with E-state index in [1.165, 1.54) is 0 Å². The van der Waals surface area contributed by atoms with Gasteiger partial charge in [0, 0.05) is 12.5 Å². The topological polar surface area (TPSA) is 43.4 Å². The Hall–Kier alpha value is -1.56. The van der Waals surface area contributed by atoms with Gasteiger partial charge < -0.3 is 4.74 Å². The van der Waals surface area contributed by atoms with Gasteiger partial charge in [0.05, 0.1) is 10.6 Å². The molecule has 1 rings (SSSR count). The van der Waals surface area contributed by atoms with Crippen LogP contribution in [0.15, 0.2) is 18.2 Å². The minimum Gasteiger partial charge on any atom is -0.457 e. The van der Waals surface area contributed by atoms with Crippen LogP contribution in [0.5, 0.6) is 0 Å². The Bertz CT molecular complexity index is 483. The molecule has 0 saturated carbocycles. The maximum absolute atomic E-state index is 12.4. The van der Waals surface area contributed by atoms with Crippen LogP contribution in [0.25, 0.3) is 0 Å². The summed E-state index contributed by atoms with van der Waals surface area (Å²) in [5.74, 6) is -1.28. The average molecular weight is 281 g/mol. The SMILES string of the molecule is CC(=O)OCC(=O)c1ccc(C(F)(F)F)c(Cl)c1. The molecule has 0 heterocycles. The number of carbonyl (C=O) groups excluding carboxylic acids is 2. The standard InChI is InChI=1S/C11H8ClF3O3/c1-6(16)18-5-10(17)7-2-3-8(9(12)4-7)11(13,14)15/h2-4H,5H2,1H3. The Morgan fingerprint density at radius 2 is 1.94 bits per heavy atom. The Kier molecular flexibility index (Phi) is 4.34. The molecule has 1 aromatic rings. The Labute approximate surface area is 105 Å². The van der Waals surface area contributed by atoms with E-state index in [0.717, 1.165) is 19.1 Å². The highest BCUT2D eigenvalue weighted by Gasteiger charge is 2.33. The third-order valence-corrected chi connectivity index (χ3v) is 2.32. The second-order valence-electron chi connectivity index (χ2n) is 3.40. The Morgan fingerprint density at radius 3 is 2.39 bits per heavy atom. The maximum atomic E-state index is 12.4. The summed E-state index contributed by atoms with van der Waals surface area (Å²) in [7, 11) is 0. The van der Waals surface area contributed by atoms with Crippen molar-refractivity contribution in [2.75, 3.05) is 6.61 Å². The quantitative estimate of drug-likeness (QED) is 0.631. The van der Waals surface area contributed by atoms with Crippen molar-refractivity contribution < 1.29 is 27.5 Å². The first kappa shape index (κ1) is 14.5.